The third-order valence-electron chi connectivity index (χ3n) is 7.85. The number of hydrogen-bond donors (Lipinski definition) is 0. The van der Waals surface area contributed by atoms with Crippen molar-refractivity contribution in [2.75, 3.05) is 32.7 Å². The maximum absolute atomic E-state index is 13.7. The van der Waals surface area contributed by atoms with Crippen molar-refractivity contribution in [3.05, 3.63) is 106 Å². The number of hydrogen-bond acceptors (Lipinski definition) is 4. The molecule has 6 heteroatoms. The van der Waals surface area contributed by atoms with Crippen molar-refractivity contribution in [2.24, 2.45) is 0 Å². The van der Waals surface area contributed by atoms with E-state index in [4.69, 9.17) is 0 Å². The first-order valence-electron chi connectivity index (χ1n) is 13.0. The summed E-state index contributed by atoms with van der Waals surface area (Å²) in [5.41, 5.74) is 3.26. The van der Waals surface area contributed by atoms with Gasteiger partial charge in [0.05, 0.1) is 12.1 Å². The van der Waals surface area contributed by atoms with E-state index >= 15 is 0 Å². The van der Waals surface area contributed by atoms with Gasteiger partial charge in [-0.2, -0.15) is 0 Å². The Balaban J connectivity index is 1.14. The van der Waals surface area contributed by atoms with E-state index in [0.717, 1.165) is 23.7 Å². The van der Waals surface area contributed by atoms with Crippen LogP contribution in [0.5, 0.6) is 0 Å². The molecule has 0 radical (unpaired) electrons. The first-order valence-corrected chi connectivity index (χ1v) is 13.9. The Labute approximate surface area is 221 Å². The second-order valence-electron chi connectivity index (χ2n) is 9.96. The fraction of sp³-hybridized carbons (Fsp3) is 0.290. The number of nitrogens with zero attached hydrogens (tertiary/aromatic N) is 3. The van der Waals surface area contributed by atoms with Crippen LogP contribution in [0, 0.1) is 0 Å². The number of fused-ring (bicyclic) bond motifs is 2. The SMILES string of the molecule is C[C@@H](C(=O)N1CCN(C(=O)c2ccc3ccccc3c2)CC1)N1CCc2sccc2[C@H]1c1ccccc1. The average molecular weight is 510 g/mol. The lowest BCUT2D eigenvalue weighted by molar-refractivity contribution is -0.138. The molecule has 0 N–H and O–H groups in total. The van der Waals surface area contributed by atoms with Crippen LogP contribution in [0.3, 0.4) is 0 Å². The minimum absolute atomic E-state index is 0.0380. The van der Waals surface area contributed by atoms with Gasteiger partial charge in [0.25, 0.3) is 5.91 Å². The molecule has 2 amide bonds. The molecule has 188 valence electrons. The number of carbonyl (C=O) groups excluding carboxylic acids is 2. The Bertz CT molecular complexity index is 1420. The quantitative estimate of drug-likeness (QED) is 0.379. The minimum atomic E-state index is -0.235. The second kappa shape index (κ2) is 10.1. The van der Waals surface area contributed by atoms with E-state index in [1.54, 1.807) is 0 Å². The maximum Gasteiger partial charge on any atom is 0.253 e. The normalized spacial score (nSPS) is 19.0. The van der Waals surface area contributed by atoms with Gasteiger partial charge in [0.2, 0.25) is 5.91 Å². The summed E-state index contributed by atoms with van der Waals surface area (Å²) >= 11 is 1.82. The molecule has 1 saturated heterocycles. The summed E-state index contributed by atoms with van der Waals surface area (Å²) in [6.07, 6.45) is 0.974. The van der Waals surface area contributed by atoms with E-state index < -0.39 is 0 Å². The van der Waals surface area contributed by atoms with Gasteiger partial charge < -0.3 is 9.80 Å². The standard InChI is InChI=1S/C31H31N3O2S/c1-22(34-15-13-28-27(14-20-37-28)29(34)24-8-3-2-4-9-24)30(35)32-16-18-33(19-17-32)31(36)26-12-11-23-7-5-6-10-25(23)21-26/h2-12,14,20-22,29H,13,15-19H2,1H3/t22-,29+/m0/s1. The summed E-state index contributed by atoms with van der Waals surface area (Å²) < 4.78 is 0. The Kier molecular flexibility index (Phi) is 6.53. The Morgan fingerprint density at radius 3 is 2.30 bits per heavy atom. The summed E-state index contributed by atoms with van der Waals surface area (Å²) in [4.78, 5) is 34.5. The highest BCUT2D eigenvalue weighted by atomic mass is 32.1. The topological polar surface area (TPSA) is 43.9 Å². The first-order chi connectivity index (χ1) is 18.1. The summed E-state index contributed by atoms with van der Waals surface area (Å²) in [6.45, 7) is 5.15. The fourth-order valence-electron chi connectivity index (χ4n) is 5.80. The smallest absolute Gasteiger partial charge is 0.253 e. The lowest BCUT2D eigenvalue weighted by atomic mass is 9.92. The number of piperazine rings is 1. The molecule has 0 aliphatic carbocycles. The van der Waals surface area contributed by atoms with E-state index in [1.165, 1.54) is 16.0 Å². The monoisotopic (exact) mass is 509 g/mol. The number of thiophene rings is 1. The highest BCUT2D eigenvalue weighted by molar-refractivity contribution is 7.10. The first kappa shape index (κ1) is 23.9. The van der Waals surface area contributed by atoms with E-state index in [2.05, 4.69) is 46.7 Å². The van der Waals surface area contributed by atoms with Gasteiger partial charge in [-0.05, 0) is 58.8 Å². The molecule has 1 fully saturated rings. The molecular formula is C31H31N3O2S. The van der Waals surface area contributed by atoms with Crippen molar-refractivity contribution in [3.63, 3.8) is 0 Å². The molecule has 3 aromatic carbocycles. The van der Waals surface area contributed by atoms with Gasteiger partial charge in [-0.1, -0.05) is 60.7 Å². The van der Waals surface area contributed by atoms with Crippen LogP contribution in [0.4, 0.5) is 0 Å². The molecule has 3 heterocycles. The predicted molar refractivity (Wildman–Crippen MR) is 149 cm³/mol. The van der Waals surface area contributed by atoms with Crippen molar-refractivity contribution in [3.8, 4) is 0 Å². The summed E-state index contributed by atoms with van der Waals surface area (Å²) in [5.74, 6) is 0.188. The minimum Gasteiger partial charge on any atom is -0.338 e. The number of carbonyl (C=O) groups is 2. The maximum atomic E-state index is 13.7. The van der Waals surface area contributed by atoms with Crippen molar-refractivity contribution < 1.29 is 9.59 Å². The van der Waals surface area contributed by atoms with Crippen LogP contribution in [0.25, 0.3) is 10.8 Å². The predicted octanol–water partition coefficient (Wildman–Crippen LogP) is 5.22. The molecule has 6 rings (SSSR count). The molecule has 37 heavy (non-hydrogen) atoms. The highest BCUT2D eigenvalue weighted by Crippen LogP contribution is 2.39. The molecule has 0 unspecified atom stereocenters. The molecule has 2 aliphatic rings. The van der Waals surface area contributed by atoms with Gasteiger partial charge in [-0.3, -0.25) is 14.5 Å². The molecule has 0 bridgehead atoms. The van der Waals surface area contributed by atoms with Crippen molar-refractivity contribution in [1.82, 2.24) is 14.7 Å². The summed E-state index contributed by atoms with van der Waals surface area (Å²) in [5, 5.41) is 4.37. The molecule has 5 nitrogen and oxygen atoms in total. The fourth-order valence-corrected chi connectivity index (χ4v) is 6.70. The summed E-state index contributed by atoms with van der Waals surface area (Å²) in [7, 11) is 0. The van der Waals surface area contributed by atoms with E-state index in [1.807, 2.05) is 70.5 Å². The van der Waals surface area contributed by atoms with Crippen LogP contribution in [-0.4, -0.2) is 65.3 Å². The molecule has 0 spiro atoms. The van der Waals surface area contributed by atoms with Gasteiger partial charge >= 0.3 is 0 Å². The van der Waals surface area contributed by atoms with Gasteiger partial charge in [-0.15, -0.1) is 11.3 Å². The molecule has 2 atom stereocenters. The number of rotatable bonds is 4. The van der Waals surface area contributed by atoms with Crippen LogP contribution >= 0.6 is 11.3 Å². The Morgan fingerprint density at radius 1 is 0.811 bits per heavy atom. The van der Waals surface area contributed by atoms with Crippen molar-refractivity contribution in [1.29, 1.82) is 0 Å². The Morgan fingerprint density at radius 2 is 1.51 bits per heavy atom. The molecule has 0 saturated carbocycles. The molecule has 1 aromatic heterocycles. The third-order valence-corrected chi connectivity index (χ3v) is 8.84. The van der Waals surface area contributed by atoms with Gasteiger partial charge in [-0.25, -0.2) is 0 Å². The van der Waals surface area contributed by atoms with Crippen LogP contribution in [0.2, 0.25) is 0 Å². The van der Waals surface area contributed by atoms with Gasteiger partial charge in [0.1, 0.15) is 0 Å². The van der Waals surface area contributed by atoms with E-state index in [0.29, 0.717) is 31.7 Å². The van der Waals surface area contributed by atoms with E-state index in [-0.39, 0.29) is 23.9 Å². The van der Waals surface area contributed by atoms with E-state index in [9.17, 15) is 9.59 Å². The zero-order chi connectivity index (χ0) is 25.4. The third kappa shape index (κ3) is 4.56. The zero-order valence-corrected chi connectivity index (χ0v) is 21.9. The van der Waals surface area contributed by atoms with Crippen LogP contribution in [0.15, 0.2) is 84.2 Å². The van der Waals surface area contributed by atoms with Crippen LogP contribution in [0.1, 0.15) is 39.3 Å². The number of amides is 2. The molecule has 2 aliphatic heterocycles. The molecular weight excluding hydrogens is 478 g/mol. The zero-order valence-electron chi connectivity index (χ0n) is 21.0. The van der Waals surface area contributed by atoms with Crippen molar-refractivity contribution in [2.45, 2.75) is 25.4 Å². The van der Waals surface area contributed by atoms with Crippen molar-refractivity contribution >= 4 is 33.9 Å². The van der Waals surface area contributed by atoms with Gasteiger partial charge in [0.15, 0.2) is 0 Å². The highest BCUT2D eigenvalue weighted by Gasteiger charge is 2.37. The average Bonchev–Trinajstić information content (AvgIpc) is 3.45. The summed E-state index contributed by atoms with van der Waals surface area (Å²) in [6, 6.07) is 26.6. The largest absolute Gasteiger partial charge is 0.338 e. The number of benzene rings is 3. The second-order valence-corrected chi connectivity index (χ2v) is 11.0. The van der Waals surface area contributed by atoms with Gasteiger partial charge in [0, 0.05) is 43.2 Å². The molecule has 4 aromatic rings. The lowest BCUT2D eigenvalue weighted by Crippen LogP contribution is -2.56. The van der Waals surface area contributed by atoms with Crippen LogP contribution in [-0.2, 0) is 11.2 Å². The van der Waals surface area contributed by atoms with Crippen LogP contribution < -0.4 is 0 Å². The Hall–Kier alpha value is -3.48. The lowest BCUT2D eigenvalue weighted by Gasteiger charge is -2.42.